The molecule has 0 saturated heterocycles. The molecule has 5 nitrogen and oxygen atoms in total. The highest BCUT2D eigenvalue weighted by Crippen LogP contribution is 2.51. The number of nitrogens with one attached hydrogen (secondary N) is 1. The molecule has 1 aliphatic carbocycles. The molecule has 0 bridgehead atoms. The highest BCUT2D eigenvalue weighted by Gasteiger charge is 2.59. The summed E-state index contributed by atoms with van der Waals surface area (Å²) in [6, 6.07) is 35.5. The number of aliphatic hydroxyl groups is 1. The second-order valence-electron chi connectivity index (χ2n) is 10.9. The van der Waals surface area contributed by atoms with Crippen LogP contribution in [0.4, 0.5) is 5.69 Å². The van der Waals surface area contributed by atoms with E-state index in [2.05, 4.69) is 29.6 Å². The zero-order chi connectivity index (χ0) is 27.5. The van der Waals surface area contributed by atoms with Crippen LogP contribution >= 0.6 is 0 Å². The number of carbonyl (C=O) groups is 2. The van der Waals surface area contributed by atoms with Crippen LogP contribution in [0.5, 0.6) is 0 Å². The zero-order valence-corrected chi connectivity index (χ0v) is 22.5. The predicted molar refractivity (Wildman–Crippen MR) is 158 cm³/mol. The number of fused-ring (bicyclic) bond motifs is 2. The number of nitrogens with zero attached hydrogens (tertiary/aromatic N) is 1. The Kier molecular flexibility index (Phi) is 7.23. The number of hydrogen-bond donors (Lipinski definition) is 2. The Bertz CT molecular complexity index is 1490. The molecule has 4 aromatic carbocycles. The molecule has 0 radical (unpaired) electrons. The predicted octanol–water partition coefficient (Wildman–Crippen LogP) is 5.80. The molecule has 2 N–H and O–H groups in total. The van der Waals surface area contributed by atoms with Gasteiger partial charge >= 0.3 is 0 Å². The molecule has 202 valence electrons. The molecule has 2 amide bonds. The fourth-order valence-electron chi connectivity index (χ4n) is 6.48. The minimum atomic E-state index is -1.03. The molecule has 4 aromatic rings. The van der Waals surface area contributed by atoms with Crippen molar-refractivity contribution in [1.29, 1.82) is 0 Å². The standard InChI is InChI=1S/C35H34N2O3/c38-31-17-10-22-35(33(31)36-32(39)21-18-25-11-4-1-5-12-25)29-23-28(27-15-8-3-9-16-27)19-20-30(29)37(34(35)40)24-26-13-6-2-7-14-26/h1-9,11-16,19-20,23,31,33,38H,10,17-18,21-22,24H2,(H,36,39)/t31-,33+,35+/m1/s1. The first kappa shape index (κ1) is 26.0. The summed E-state index contributed by atoms with van der Waals surface area (Å²) in [5.74, 6) is -0.201. The number of benzene rings is 4. The van der Waals surface area contributed by atoms with Crippen LogP contribution in [-0.2, 0) is 28.0 Å². The van der Waals surface area contributed by atoms with Crippen molar-refractivity contribution in [3.63, 3.8) is 0 Å². The van der Waals surface area contributed by atoms with E-state index in [9.17, 15) is 14.7 Å². The number of carbonyl (C=O) groups excluding carboxylic acids is 2. The Hall–Kier alpha value is -4.22. The highest BCUT2D eigenvalue weighted by molar-refractivity contribution is 6.09. The van der Waals surface area contributed by atoms with Crippen LogP contribution in [0.1, 0.15) is 42.4 Å². The van der Waals surface area contributed by atoms with Crippen molar-refractivity contribution >= 4 is 17.5 Å². The van der Waals surface area contributed by atoms with Gasteiger partial charge in [-0.25, -0.2) is 0 Å². The molecule has 40 heavy (non-hydrogen) atoms. The van der Waals surface area contributed by atoms with E-state index in [1.807, 2.05) is 89.8 Å². The Morgan fingerprint density at radius 1 is 0.850 bits per heavy atom. The number of aryl methyl sites for hydroxylation is 1. The first-order valence-electron chi connectivity index (χ1n) is 14.1. The van der Waals surface area contributed by atoms with E-state index in [1.165, 1.54) is 0 Å². The van der Waals surface area contributed by atoms with Crippen LogP contribution < -0.4 is 10.2 Å². The average molecular weight is 531 g/mol. The molecular weight excluding hydrogens is 496 g/mol. The summed E-state index contributed by atoms with van der Waals surface area (Å²) < 4.78 is 0. The van der Waals surface area contributed by atoms with Gasteiger partial charge in [0.1, 0.15) is 0 Å². The van der Waals surface area contributed by atoms with Crippen molar-refractivity contribution in [3.8, 4) is 11.1 Å². The molecular formula is C35H34N2O3. The van der Waals surface area contributed by atoms with Crippen LogP contribution in [0.15, 0.2) is 109 Å². The summed E-state index contributed by atoms with van der Waals surface area (Å²) in [4.78, 5) is 29.7. The number of hydrogen-bond acceptors (Lipinski definition) is 3. The van der Waals surface area contributed by atoms with Gasteiger partial charge in [0.25, 0.3) is 0 Å². The van der Waals surface area contributed by atoms with Crippen LogP contribution in [0.3, 0.4) is 0 Å². The largest absolute Gasteiger partial charge is 0.391 e. The average Bonchev–Trinajstić information content (AvgIpc) is 3.22. The Balaban J connectivity index is 1.39. The third kappa shape index (κ3) is 4.82. The molecule has 6 rings (SSSR count). The van der Waals surface area contributed by atoms with Gasteiger partial charge in [0.2, 0.25) is 11.8 Å². The maximum Gasteiger partial charge on any atom is 0.240 e. The van der Waals surface area contributed by atoms with E-state index in [-0.39, 0.29) is 11.8 Å². The van der Waals surface area contributed by atoms with Crippen molar-refractivity contribution in [2.75, 3.05) is 4.90 Å². The molecule has 1 heterocycles. The van der Waals surface area contributed by atoms with Gasteiger partial charge in [-0.2, -0.15) is 0 Å². The quantitative estimate of drug-likeness (QED) is 0.317. The van der Waals surface area contributed by atoms with Gasteiger partial charge in [-0.3, -0.25) is 9.59 Å². The first-order chi connectivity index (χ1) is 19.6. The lowest BCUT2D eigenvalue weighted by Gasteiger charge is -2.43. The van der Waals surface area contributed by atoms with E-state index < -0.39 is 17.6 Å². The summed E-state index contributed by atoms with van der Waals surface area (Å²) in [7, 11) is 0. The molecule has 1 fully saturated rings. The molecule has 0 unspecified atom stereocenters. The molecule has 1 saturated carbocycles. The number of rotatable bonds is 7. The SMILES string of the molecule is O=C(CCc1ccccc1)N[C@H]1[C@H](O)CCC[C@@]12C(=O)N(Cc1ccccc1)c1ccc(-c3ccccc3)cc12. The van der Waals surface area contributed by atoms with E-state index in [4.69, 9.17) is 0 Å². The Morgan fingerprint density at radius 3 is 2.20 bits per heavy atom. The molecule has 1 aliphatic heterocycles. The third-order valence-corrected chi connectivity index (χ3v) is 8.47. The number of aliphatic hydroxyl groups excluding tert-OH is 1. The lowest BCUT2D eigenvalue weighted by molar-refractivity contribution is -0.131. The fourth-order valence-corrected chi connectivity index (χ4v) is 6.48. The highest BCUT2D eigenvalue weighted by atomic mass is 16.3. The van der Waals surface area contributed by atoms with Crippen LogP contribution in [-0.4, -0.2) is 29.1 Å². The summed E-state index contributed by atoms with van der Waals surface area (Å²) in [5, 5.41) is 14.5. The molecule has 2 aliphatic rings. The van der Waals surface area contributed by atoms with E-state index in [1.54, 1.807) is 0 Å². The van der Waals surface area contributed by atoms with Gasteiger partial charge in [0.05, 0.1) is 24.1 Å². The topological polar surface area (TPSA) is 69.6 Å². The minimum absolute atomic E-state index is 0.0522. The maximum absolute atomic E-state index is 14.6. The van der Waals surface area contributed by atoms with Gasteiger partial charge in [-0.1, -0.05) is 97.1 Å². The lowest BCUT2D eigenvalue weighted by atomic mass is 9.65. The first-order valence-corrected chi connectivity index (χ1v) is 14.1. The molecule has 3 atom stereocenters. The third-order valence-electron chi connectivity index (χ3n) is 8.47. The number of anilines is 1. The van der Waals surface area contributed by atoms with Gasteiger partial charge in [0, 0.05) is 12.1 Å². The van der Waals surface area contributed by atoms with Crippen molar-refractivity contribution < 1.29 is 14.7 Å². The van der Waals surface area contributed by atoms with Gasteiger partial charge in [-0.05, 0) is 65.6 Å². The van der Waals surface area contributed by atoms with Gasteiger partial charge in [-0.15, -0.1) is 0 Å². The zero-order valence-electron chi connectivity index (χ0n) is 22.5. The maximum atomic E-state index is 14.6. The van der Waals surface area contributed by atoms with E-state index in [0.717, 1.165) is 33.5 Å². The van der Waals surface area contributed by atoms with E-state index in [0.29, 0.717) is 38.6 Å². The smallest absolute Gasteiger partial charge is 0.240 e. The molecule has 0 aromatic heterocycles. The lowest BCUT2D eigenvalue weighted by Crippen LogP contribution is -2.62. The summed E-state index contributed by atoms with van der Waals surface area (Å²) in [5.41, 5.74) is 4.91. The van der Waals surface area contributed by atoms with Crippen LogP contribution in [0.25, 0.3) is 11.1 Å². The van der Waals surface area contributed by atoms with Crippen molar-refractivity contribution in [1.82, 2.24) is 5.32 Å². The van der Waals surface area contributed by atoms with Gasteiger partial charge < -0.3 is 15.3 Å². The van der Waals surface area contributed by atoms with Crippen LogP contribution in [0.2, 0.25) is 0 Å². The fraction of sp³-hybridized carbons (Fsp3) is 0.257. The Morgan fingerprint density at radius 2 is 1.50 bits per heavy atom. The van der Waals surface area contributed by atoms with Gasteiger partial charge in [0.15, 0.2) is 0 Å². The van der Waals surface area contributed by atoms with E-state index >= 15 is 0 Å². The molecule has 1 spiro atoms. The molecule has 5 heteroatoms. The number of amides is 2. The summed E-state index contributed by atoms with van der Waals surface area (Å²) in [6.45, 7) is 0.434. The second-order valence-corrected chi connectivity index (χ2v) is 10.9. The normalized spacial score (nSPS) is 21.8. The Labute approximate surface area is 235 Å². The van der Waals surface area contributed by atoms with Crippen molar-refractivity contribution in [3.05, 3.63) is 126 Å². The minimum Gasteiger partial charge on any atom is -0.391 e. The monoisotopic (exact) mass is 530 g/mol. The van der Waals surface area contributed by atoms with Crippen LogP contribution in [0, 0.1) is 0 Å². The van der Waals surface area contributed by atoms with Crippen molar-refractivity contribution in [2.24, 2.45) is 0 Å². The van der Waals surface area contributed by atoms with Crippen molar-refractivity contribution in [2.45, 2.75) is 56.2 Å². The summed E-state index contributed by atoms with van der Waals surface area (Å²) in [6.07, 6.45) is 1.90. The summed E-state index contributed by atoms with van der Waals surface area (Å²) >= 11 is 0. The second kappa shape index (κ2) is 11.1.